The quantitative estimate of drug-likeness (QED) is 0.437. The lowest BCUT2D eigenvalue weighted by atomic mass is 9.86. The Morgan fingerprint density at radius 3 is 2.69 bits per heavy atom. The van der Waals surface area contributed by atoms with Crippen molar-refractivity contribution in [1.29, 1.82) is 0 Å². The van der Waals surface area contributed by atoms with Gasteiger partial charge in [0.05, 0.1) is 30.3 Å². The van der Waals surface area contributed by atoms with Crippen molar-refractivity contribution in [2.75, 3.05) is 39.4 Å². The highest BCUT2D eigenvalue weighted by Gasteiger charge is 2.53. The first-order valence-electron chi connectivity index (χ1n) is 12.3. The molecule has 3 aliphatic heterocycles. The molecule has 2 unspecified atom stereocenters. The van der Waals surface area contributed by atoms with Crippen LogP contribution in [0.15, 0.2) is 24.3 Å². The third kappa shape index (κ3) is 6.69. The molecule has 0 spiro atoms. The Hall–Kier alpha value is -2.28. The molecule has 1 amide bonds. The molecule has 3 saturated heterocycles. The number of terminal acetylenes is 1. The van der Waals surface area contributed by atoms with E-state index in [1.54, 1.807) is 0 Å². The highest BCUT2D eigenvalue weighted by molar-refractivity contribution is 5.67. The van der Waals surface area contributed by atoms with Gasteiger partial charge in [-0.25, -0.2) is 4.79 Å². The van der Waals surface area contributed by atoms with Crippen LogP contribution in [-0.4, -0.2) is 68.2 Å². The molecule has 0 saturated carbocycles. The molecule has 3 heterocycles. The van der Waals surface area contributed by atoms with Crippen molar-refractivity contribution < 1.29 is 32.2 Å². The number of rotatable bonds is 8. The van der Waals surface area contributed by atoms with Crippen LogP contribution < -0.4 is 5.32 Å². The average molecular weight is 495 g/mol. The molecule has 35 heavy (non-hydrogen) atoms. The highest BCUT2D eigenvalue weighted by atomic mass is 19.4. The van der Waals surface area contributed by atoms with Crippen LogP contribution in [-0.2, 0) is 26.8 Å². The normalized spacial score (nSPS) is 28.9. The van der Waals surface area contributed by atoms with Crippen molar-refractivity contribution in [3.63, 3.8) is 0 Å². The first-order chi connectivity index (χ1) is 16.8. The number of carbonyl (C=O) groups excluding carboxylic acids is 1. The molecular formula is C26H33F3N2O4. The SMILES string of the molecule is C#CC1C[C@]2(CCc3ccc(C(F)(F)F)cc3)CCC(OC(=O)NCCCN3CCOCC3)[C@@H]1O2. The van der Waals surface area contributed by atoms with Crippen LogP contribution in [0.2, 0.25) is 0 Å². The third-order valence-electron chi connectivity index (χ3n) is 7.27. The minimum absolute atomic E-state index is 0.163. The number of morpholine rings is 1. The molecule has 3 aliphatic rings. The van der Waals surface area contributed by atoms with Gasteiger partial charge >= 0.3 is 12.3 Å². The van der Waals surface area contributed by atoms with Crippen LogP contribution in [0.5, 0.6) is 0 Å². The number of hydrogen-bond donors (Lipinski definition) is 1. The molecule has 6 nitrogen and oxygen atoms in total. The van der Waals surface area contributed by atoms with E-state index in [1.807, 2.05) is 0 Å². The van der Waals surface area contributed by atoms with E-state index in [2.05, 4.69) is 16.1 Å². The van der Waals surface area contributed by atoms with Gasteiger partial charge in [-0.05, 0) is 62.8 Å². The van der Waals surface area contributed by atoms with Crippen LogP contribution in [0.25, 0.3) is 0 Å². The van der Waals surface area contributed by atoms with Crippen molar-refractivity contribution in [2.45, 2.75) is 62.5 Å². The van der Waals surface area contributed by atoms with E-state index < -0.39 is 29.5 Å². The van der Waals surface area contributed by atoms with Gasteiger partial charge in [-0.1, -0.05) is 12.1 Å². The summed E-state index contributed by atoms with van der Waals surface area (Å²) in [6.07, 6.45) is 4.30. The molecule has 4 rings (SSSR count). The first-order valence-corrected chi connectivity index (χ1v) is 12.3. The number of nitrogens with one attached hydrogen (secondary N) is 1. The smallest absolute Gasteiger partial charge is 0.416 e. The van der Waals surface area contributed by atoms with Crippen molar-refractivity contribution >= 4 is 6.09 Å². The summed E-state index contributed by atoms with van der Waals surface area (Å²) < 4.78 is 55.8. The number of alkyl carbamates (subject to hydrolysis) is 1. The molecule has 1 aromatic rings. The maximum atomic E-state index is 12.8. The molecule has 0 aliphatic carbocycles. The van der Waals surface area contributed by atoms with Crippen LogP contribution in [0, 0.1) is 18.3 Å². The van der Waals surface area contributed by atoms with Crippen LogP contribution in [0.3, 0.4) is 0 Å². The standard InChI is InChI=1S/C26H33F3N2O4/c1-2-20-18-25(10-8-19-4-6-21(7-5-19)26(27,28)29)11-9-22(23(20)35-25)34-24(32)30-12-3-13-31-14-16-33-17-15-31/h1,4-7,20,22-23H,3,8-18H2,(H,30,32)/t20?,22?,23-,25+/m1/s1. The lowest BCUT2D eigenvalue weighted by molar-refractivity contribution is -0.138. The van der Waals surface area contributed by atoms with E-state index in [1.165, 1.54) is 12.1 Å². The molecule has 9 heteroatoms. The minimum atomic E-state index is -4.34. The van der Waals surface area contributed by atoms with Gasteiger partial charge in [0.2, 0.25) is 0 Å². The lowest BCUT2D eigenvalue weighted by Crippen LogP contribution is -2.45. The van der Waals surface area contributed by atoms with E-state index in [0.29, 0.717) is 38.6 Å². The second-order valence-corrected chi connectivity index (χ2v) is 9.65. The summed E-state index contributed by atoms with van der Waals surface area (Å²) in [5.74, 6) is 2.63. The molecule has 192 valence electrons. The Morgan fingerprint density at radius 2 is 2.00 bits per heavy atom. The van der Waals surface area contributed by atoms with Gasteiger partial charge < -0.3 is 19.5 Å². The molecule has 1 N–H and O–H groups in total. The summed E-state index contributed by atoms with van der Waals surface area (Å²) in [7, 11) is 0. The number of alkyl halides is 3. The Kier molecular flexibility index (Phi) is 8.25. The van der Waals surface area contributed by atoms with Gasteiger partial charge in [-0.3, -0.25) is 4.90 Å². The minimum Gasteiger partial charge on any atom is -0.443 e. The number of carbonyl (C=O) groups is 1. The molecule has 2 bridgehead atoms. The fourth-order valence-electron chi connectivity index (χ4n) is 5.30. The number of fused-ring (bicyclic) bond motifs is 2. The van der Waals surface area contributed by atoms with Crippen LogP contribution in [0.1, 0.15) is 43.2 Å². The van der Waals surface area contributed by atoms with Gasteiger partial charge in [-0.2, -0.15) is 13.2 Å². The summed E-state index contributed by atoms with van der Waals surface area (Å²) in [6.45, 7) is 4.77. The predicted molar refractivity (Wildman–Crippen MR) is 124 cm³/mol. The Balaban J connectivity index is 1.23. The summed E-state index contributed by atoms with van der Waals surface area (Å²) >= 11 is 0. The second-order valence-electron chi connectivity index (χ2n) is 9.65. The summed E-state index contributed by atoms with van der Waals surface area (Å²) in [5, 5.41) is 2.83. The van der Waals surface area contributed by atoms with Crippen LogP contribution in [0.4, 0.5) is 18.0 Å². The predicted octanol–water partition coefficient (Wildman–Crippen LogP) is 4.03. The maximum Gasteiger partial charge on any atom is 0.416 e. The Bertz CT molecular complexity index is 895. The fourth-order valence-corrected chi connectivity index (χ4v) is 5.30. The molecular weight excluding hydrogens is 461 g/mol. The number of ether oxygens (including phenoxy) is 3. The lowest BCUT2D eigenvalue weighted by Gasteiger charge is -2.37. The van der Waals surface area contributed by atoms with Crippen molar-refractivity contribution in [3.05, 3.63) is 35.4 Å². The van der Waals surface area contributed by atoms with Gasteiger partial charge in [0.15, 0.2) is 0 Å². The van der Waals surface area contributed by atoms with Gasteiger partial charge in [0.25, 0.3) is 0 Å². The zero-order chi connectivity index (χ0) is 24.9. The number of nitrogens with zero attached hydrogens (tertiary/aromatic N) is 1. The number of halogens is 3. The summed E-state index contributed by atoms with van der Waals surface area (Å²) in [6, 6.07) is 5.26. The van der Waals surface area contributed by atoms with E-state index in [0.717, 1.165) is 57.0 Å². The molecule has 1 aromatic carbocycles. The van der Waals surface area contributed by atoms with E-state index in [-0.39, 0.29) is 12.0 Å². The van der Waals surface area contributed by atoms with E-state index in [9.17, 15) is 18.0 Å². The van der Waals surface area contributed by atoms with Crippen molar-refractivity contribution in [2.24, 2.45) is 5.92 Å². The zero-order valence-electron chi connectivity index (χ0n) is 19.8. The molecule has 3 fully saturated rings. The largest absolute Gasteiger partial charge is 0.443 e. The van der Waals surface area contributed by atoms with Crippen LogP contribution >= 0.6 is 0 Å². The Morgan fingerprint density at radius 1 is 1.26 bits per heavy atom. The number of aryl methyl sites for hydroxylation is 1. The third-order valence-corrected chi connectivity index (χ3v) is 7.27. The van der Waals surface area contributed by atoms with E-state index >= 15 is 0 Å². The van der Waals surface area contributed by atoms with Crippen molar-refractivity contribution in [1.82, 2.24) is 10.2 Å². The maximum absolute atomic E-state index is 12.8. The number of benzene rings is 1. The fraction of sp³-hybridized carbons (Fsp3) is 0.654. The molecule has 0 radical (unpaired) electrons. The van der Waals surface area contributed by atoms with Gasteiger partial charge in [-0.15, -0.1) is 12.3 Å². The molecule has 0 aromatic heterocycles. The number of amides is 1. The second kappa shape index (κ2) is 11.2. The first kappa shape index (κ1) is 25.8. The average Bonchev–Trinajstić information content (AvgIpc) is 3.16. The van der Waals surface area contributed by atoms with Gasteiger partial charge in [0.1, 0.15) is 12.2 Å². The molecule has 4 atom stereocenters. The Labute approximate surface area is 204 Å². The summed E-state index contributed by atoms with van der Waals surface area (Å²) in [4.78, 5) is 14.7. The number of hydrogen-bond acceptors (Lipinski definition) is 5. The van der Waals surface area contributed by atoms with Crippen molar-refractivity contribution in [3.8, 4) is 12.3 Å². The van der Waals surface area contributed by atoms with E-state index in [4.69, 9.17) is 20.6 Å². The monoisotopic (exact) mass is 494 g/mol. The zero-order valence-corrected chi connectivity index (χ0v) is 19.8. The van der Waals surface area contributed by atoms with Gasteiger partial charge in [0, 0.05) is 19.6 Å². The topological polar surface area (TPSA) is 60.0 Å². The highest BCUT2D eigenvalue weighted by Crippen LogP contribution is 2.48. The summed E-state index contributed by atoms with van der Waals surface area (Å²) in [5.41, 5.74) is -0.258.